The van der Waals surface area contributed by atoms with Gasteiger partial charge < -0.3 is 47.0 Å². The van der Waals surface area contributed by atoms with Crippen molar-refractivity contribution in [3.05, 3.63) is 35.4 Å². The summed E-state index contributed by atoms with van der Waals surface area (Å²) >= 11 is 0. The van der Waals surface area contributed by atoms with E-state index < -0.39 is 22.3 Å². The SMILES string of the molecule is COc1cc(C(=O)OCCCCCC[NH+]=C(N)N)cc(OC)c1OC.COc1cc(C(=O)OCCCCCC[NH+]=C(N)N)cc(OC)c1OC.O=S(=O)([O-])[O-]. The van der Waals surface area contributed by atoms with Gasteiger partial charge in [-0.3, -0.25) is 41.3 Å². The Morgan fingerprint density at radius 2 is 0.800 bits per heavy atom. The van der Waals surface area contributed by atoms with Crippen molar-refractivity contribution >= 4 is 34.3 Å². The Balaban J connectivity index is 0.000000943. The molecule has 2 rings (SSSR count). The maximum Gasteiger partial charge on any atom is 0.338 e. The van der Waals surface area contributed by atoms with Gasteiger partial charge in [0.05, 0.1) is 80.1 Å². The van der Waals surface area contributed by atoms with E-state index in [1.807, 2.05) is 0 Å². The van der Waals surface area contributed by atoms with E-state index in [2.05, 4.69) is 9.98 Å². The quantitative estimate of drug-likeness (QED) is 0.0191. The summed E-state index contributed by atoms with van der Waals surface area (Å²) in [5.41, 5.74) is 21.9. The molecule has 21 heteroatoms. The molecule has 2 aromatic carbocycles. The highest BCUT2D eigenvalue weighted by atomic mass is 32.3. The van der Waals surface area contributed by atoms with E-state index in [4.69, 9.17) is 78.4 Å². The molecule has 0 aromatic heterocycles. The topological polar surface area (TPSA) is 320 Å². The second-order valence-electron chi connectivity index (χ2n) is 11.1. The van der Waals surface area contributed by atoms with Crippen molar-refractivity contribution in [2.45, 2.75) is 51.4 Å². The number of nitrogens with one attached hydrogen (secondary N) is 2. The Hall–Kier alpha value is -5.41. The van der Waals surface area contributed by atoms with Gasteiger partial charge in [-0.2, -0.15) is 0 Å². The second kappa shape index (κ2) is 28.1. The van der Waals surface area contributed by atoms with Crippen LogP contribution in [0.25, 0.3) is 0 Å². The van der Waals surface area contributed by atoms with E-state index in [-0.39, 0.29) is 11.9 Å². The van der Waals surface area contributed by atoms with E-state index in [0.717, 1.165) is 64.5 Å². The van der Waals surface area contributed by atoms with Crippen molar-refractivity contribution in [2.75, 3.05) is 69.0 Å². The third kappa shape index (κ3) is 22.4. The van der Waals surface area contributed by atoms with E-state index >= 15 is 0 Å². The molecule has 312 valence electrons. The van der Waals surface area contributed by atoms with Crippen molar-refractivity contribution in [3.63, 3.8) is 0 Å². The third-order valence-electron chi connectivity index (χ3n) is 7.07. The molecule has 0 aliphatic carbocycles. The first-order valence-electron chi connectivity index (χ1n) is 16.9. The number of methoxy groups -OCH3 is 6. The molecule has 0 saturated carbocycles. The first kappa shape index (κ1) is 49.6. The fourth-order valence-corrected chi connectivity index (χ4v) is 4.52. The molecule has 10 N–H and O–H groups in total. The van der Waals surface area contributed by atoms with Gasteiger partial charge in [0, 0.05) is 10.4 Å². The van der Waals surface area contributed by atoms with E-state index in [1.165, 1.54) is 42.7 Å². The van der Waals surface area contributed by atoms with E-state index in [0.29, 0.717) is 58.8 Å². The van der Waals surface area contributed by atoms with Gasteiger partial charge in [-0.25, -0.2) is 9.59 Å². The molecule has 0 bridgehead atoms. The monoisotopic (exact) mass is 804 g/mol. The Kier molecular flexibility index (Phi) is 25.3. The van der Waals surface area contributed by atoms with Gasteiger partial charge in [-0.1, -0.05) is 12.8 Å². The molecular weight excluding hydrogens is 748 g/mol. The van der Waals surface area contributed by atoms with Crippen LogP contribution in [0.15, 0.2) is 24.3 Å². The van der Waals surface area contributed by atoms with Crippen molar-refractivity contribution in [2.24, 2.45) is 22.9 Å². The second-order valence-corrected chi connectivity index (χ2v) is 11.9. The lowest BCUT2D eigenvalue weighted by molar-refractivity contribution is -0.460. The smallest absolute Gasteiger partial charge is 0.338 e. The maximum atomic E-state index is 12.2. The minimum Gasteiger partial charge on any atom is -0.759 e. The minimum atomic E-state index is -5.17. The highest BCUT2D eigenvalue weighted by Gasteiger charge is 2.19. The van der Waals surface area contributed by atoms with Crippen LogP contribution in [-0.2, 0) is 19.9 Å². The fraction of sp³-hybridized carbons (Fsp3) is 0.529. The van der Waals surface area contributed by atoms with Gasteiger partial charge >= 0.3 is 23.9 Å². The number of hydrogen-bond donors (Lipinski definition) is 6. The highest BCUT2D eigenvalue weighted by Crippen LogP contribution is 2.39. The van der Waals surface area contributed by atoms with Crippen LogP contribution in [-0.4, -0.2) is 110 Å². The summed E-state index contributed by atoms with van der Waals surface area (Å²) in [6.45, 7) is 2.20. The predicted molar refractivity (Wildman–Crippen MR) is 199 cm³/mol. The molecular formula is C34H56N6O14S. The molecule has 2 aromatic rings. The summed E-state index contributed by atoms with van der Waals surface area (Å²) in [6, 6.07) is 6.29. The van der Waals surface area contributed by atoms with E-state index in [9.17, 15) is 9.59 Å². The lowest BCUT2D eigenvalue weighted by atomic mass is 10.1. The number of benzene rings is 2. The average molecular weight is 805 g/mol. The lowest BCUT2D eigenvalue weighted by Crippen LogP contribution is -2.78. The molecule has 0 atom stereocenters. The van der Waals surface area contributed by atoms with Gasteiger partial charge in [0.25, 0.3) is 0 Å². The molecule has 0 aliphatic rings. The number of ether oxygens (including phenoxy) is 8. The number of esters is 2. The first-order valence-corrected chi connectivity index (χ1v) is 18.2. The van der Waals surface area contributed by atoms with Crippen LogP contribution in [0.2, 0.25) is 0 Å². The molecule has 0 radical (unpaired) electrons. The maximum absolute atomic E-state index is 12.2. The van der Waals surface area contributed by atoms with Crippen molar-refractivity contribution in [1.29, 1.82) is 0 Å². The van der Waals surface area contributed by atoms with Crippen LogP contribution >= 0.6 is 0 Å². The summed E-state index contributed by atoms with van der Waals surface area (Å²) in [5.74, 6) is 2.15. The van der Waals surface area contributed by atoms with Gasteiger partial charge in [0.1, 0.15) is 0 Å². The molecule has 0 unspecified atom stereocenters. The van der Waals surface area contributed by atoms with Crippen molar-refractivity contribution in [3.8, 4) is 34.5 Å². The molecule has 0 fully saturated rings. The van der Waals surface area contributed by atoms with Crippen molar-refractivity contribution < 1.29 is 75.0 Å². The number of rotatable bonds is 22. The molecule has 0 amide bonds. The Bertz CT molecular complexity index is 1450. The lowest BCUT2D eigenvalue weighted by Gasteiger charge is -2.13. The molecule has 0 saturated heterocycles. The highest BCUT2D eigenvalue weighted by molar-refractivity contribution is 7.79. The zero-order chi connectivity index (χ0) is 41.8. The van der Waals surface area contributed by atoms with Gasteiger partial charge in [-0.05, 0) is 62.8 Å². The number of guanidine groups is 2. The van der Waals surface area contributed by atoms with Crippen LogP contribution in [0.3, 0.4) is 0 Å². The van der Waals surface area contributed by atoms with Gasteiger partial charge in [0.15, 0.2) is 23.0 Å². The number of unbranched alkanes of at least 4 members (excludes halogenated alkanes) is 6. The van der Waals surface area contributed by atoms with Crippen LogP contribution < -0.4 is 61.3 Å². The summed E-state index contributed by atoms with van der Waals surface area (Å²) in [7, 11) is 3.84. The average Bonchev–Trinajstić information content (AvgIpc) is 3.14. The number of carbonyl (C=O) groups excluding carboxylic acids is 2. The standard InChI is InChI=1S/2C17H27N3O5.H2O4S/c2*1-22-13-10-12(11-14(23-2)15(13)24-3)16(21)25-9-7-5-4-6-8-20-17(18)19;1-5(2,3)4/h2*10-11H,4-9H2,1-3H3,(H4,18,19,20);(H2,1,2,3,4). The molecule has 0 spiro atoms. The molecule has 0 aliphatic heterocycles. The van der Waals surface area contributed by atoms with Crippen LogP contribution in [0.4, 0.5) is 0 Å². The zero-order valence-corrected chi connectivity index (χ0v) is 33.0. The summed E-state index contributed by atoms with van der Waals surface area (Å²) < 4.78 is 76.0. The summed E-state index contributed by atoms with van der Waals surface area (Å²) in [4.78, 5) is 30.1. The fourth-order valence-electron chi connectivity index (χ4n) is 4.52. The molecule has 55 heavy (non-hydrogen) atoms. The summed E-state index contributed by atoms with van der Waals surface area (Å²) in [6.07, 6.45) is 7.40. The van der Waals surface area contributed by atoms with Crippen LogP contribution in [0, 0.1) is 0 Å². The number of carbonyl (C=O) groups is 2. The predicted octanol–water partition coefficient (Wildman–Crippen LogP) is -1.77. The first-order chi connectivity index (χ1) is 26.1. The number of nitrogens with two attached hydrogens (primary N) is 4. The molecule has 20 nitrogen and oxygen atoms in total. The summed E-state index contributed by atoms with van der Waals surface area (Å²) in [5, 5.41) is 0. The molecule has 0 heterocycles. The Morgan fingerprint density at radius 3 is 1.04 bits per heavy atom. The zero-order valence-electron chi connectivity index (χ0n) is 32.2. The largest absolute Gasteiger partial charge is 0.759 e. The normalized spacial score (nSPS) is 10.2. The van der Waals surface area contributed by atoms with Gasteiger partial charge in [0.2, 0.25) is 11.5 Å². The van der Waals surface area contributed by atoms with Crippen molar-refractivity contribution in [1.82, 2.24) is 0 Å². The Labute approximate surface area is 322 Å². The number of hydrogen-bond acceptors (Lipinski definition) is 14. The third-order valence-corrected chi connectivity index (χ3v) is 7.07. The Morgan fingerprint density at radius 1 is 0.527 bits per heavy atom. The van der Waals surface area contributed by atoms with Crippen LogP contribution in [0.5, 0.6) is 34.5 Å². The minimum absolute atomic E-state index is 0.235. The van der Waals surface area contributed by atoms with Gasteiger partial charge in [-0.15, -0.1) is 0 Å². The van der Waals surface area contributed by atoms with Crippen LogP contribution in [0.1, 0.15) is 72.1 Å². The van der Waals surface area contributed by atoms with E-state index in [1.54, 1.807) is 24.3 Å².